The second-order valence-electron chi connectivity index (χ2n) is 4.23. The van der Waals surface area contributed by atoms with Crippen molar-refractivity contribution in [3.8, 4) is 5.75 Å². The van der Waals surface area contributed by atoms with Crippen molar-refractivity contribution in [2.75, 3.05) is 12.4 Å². The number of aromatic nitrogens is 1. The van der Waals surface area contributed by atoms with Gasteiger partial charge in [0.1, 0.15) is 10.6 Å². The van der Waals surface area contributed by atoms with Gasteiger partial charge in [0.2, 0.25) is 0 Å². The zero-order chi connectivity index (χ0) is 16.1. The Morgan fingerprint density at radius 1 is 1.41 bits per heavy atom. The summed E-state index contributed by atoms with van der Waals surface area (Å²) in [5.74, 6) is -0.392. The summed E-state index contributed by atoms with van der Waals surface area (Å²) in [6.07, 6.45) is 0.596. The van der Waals surface area contributed by atoms with Crippen LogP contribution in [0.15, 0.2) is 30.5 Å². The molecule has 1 aromatic carbocycles. The van der Waals surface area contributed by atoms with Crippen LogP contribution in [0.1, 0.15) is 16.6 Å². The lowest BCUT2D eigenvalue weighted by atomic mass is 10.3. The van der Waals surface area contributed by atoms with Gasteiger partial charge in [-0.2, -0.15) is 0 Å². The summed E-state index contributed by atoms with van der Waals surface area (Å²) < 4.78 is 10.1. The van der Waals surface area contributed by atoms with Crippen LogP contribution in [-0.4, -0.2) is 30.1 Å². The number of benzene rings is 1. The minimum atomic E-state index is -0.746. The highest BCUT2D eigenvalue weighted by atomic mass is 35.5. The van der Waals surface area contributed by atoms with Gasteiger partial charge in [-0.15, -0.1) is 0 Å². The van der Waals surface area contributed by atoms with Crippen LogP contribution < -0.4 is 10.1 Å². The molecule has 2 rings (SSSR count). The van der Waals surface area contributed by atoms with Crippen LogP contribution in [0, 0.1) is 0 Å². The number of hydrogen-bond acceptors (Lipinski definition) is 6. The van der Waals surface area contributed by atoms with Crippen molar-refractivity contribution >= 4 is 39.9 Å². The van der Waals surface area contributed by atoms with Gasteiger partial charge < -0.3 is 9.47 Å². The van der Waals surface area contributed by atoms with Gasteiger partial charge in [0, 0.05) is 5.02 Å². The fourth-order valence-corrected chi connectivity index (χ4v) is 2.45. The SMILES string of the molecule is COC(=O)c1cnc(NC(=O)[C@@H](C)Oc2cccc(Cl)c2)s1. The fraction of sp³-hybridized carbons (Fsp3) is 0.214. The zero-order valence-electron chi connectivity index (χ0n) is 11.8. The largest absolute Gasteiger partial charge is 0.481 e. The number of methoxy groups -OCH3 is 1. The van der Waals surface area contributed by atoms with Gasteiger partial charge in [-0.25, -0.2) is 9.78 Å². The van der Waals surface area contributed by atoms with E-state index in [-0.39, 0.29) is 5.91 Å². The fourth-order valence-electron chi connectivity index (χ4n) is 1.53. The van der Waals surface area contributed by atoms with Crippen molar-refractivity contribution in [2.45, 2.75) is 13.0 Å². The molecule has 0 unspecified atom stereocenters. The topological polar surface area (TPSA) is 77.5 Å². The lowest BCUT2D eigenvalue weighted by Gasteiger charge is -2.13. The van der Waals surface area contributed by atoms with E-state index in [1.54, 1.807) is 31.2 Å². The van der Waals surface area contributed by atoms with Gasteiger partial charge in [0.05, 0.1) is 13.3 Å². The highest BCUT2D eigenvalue weighted by Crippen LogP contribution is 2.21. The predicted molar refractivity (Wildman–Crippen MR) is 83.6 cm³/mol. The van der Waals surface area contributed by atoms with Crippen LogP contribution >= 0.6 is 22.9 Å². The molecule has 0 saturated carbocycles. The van der Waals surface area contributed by atoms with Crippen LogP contribution in [0.25, 0.3) is 0 Å². The maximum absolute atomic E-state index is 12.0. The van der Waals surface area contributed by atoms with Crippen LogP contribution in [-0.2, 0) is 9.53 Å². The number of thiazole rings is 1. The molecule has 6 nitrogen and oxygen atoms in total. The number of carbonyl (C=O) groups excluding carboxylic acids is 2. The van der Waals surface area contributed by atoms with Gasteiger partial charge in [0.25, 0.3) is 5.91 Å². The number of ether oxygens (including phenoxy) is 2. The number of halogens is 1. The number of anilines is 1. The first-order valence-electron chi connectivity index (χ1n) is 6.27. The number of amides is 1. The van der Waals surface area contributed by atoms with E-state index in [1.165, 1.54) is 13.3 Å². The Hall–Kier alpha value is -2.12. The van der Waals surface area contributed by atoms with Crippen molar-refractivity contribution in [3.05, 3.63) is 40.4 Å². The molecule has 0 saturated heterocycles. The quantitative estimate of drug-likeness (QED) is 0.847. The number of nitrogens with zero attached hydrogens (tertiary/aromatic N) is 1. The molecule has 1 heterocycles. The van der Waals surface area contributed by atoms with Gasteiger partial charge in [-0.1, -0.05) is 29.0 Å². The maximum Gasteiger partial charge on any atom is 0.349 e. The van der Waals surface area contributed by atoms with Gasteiger partial charge in [0.15, 0.2) is 11.2 Å². The average molecular weight is 341 g/mol. The van der Waals surface area contributed by atoms with E-state index < -0.39 is 12.1 Å². The van der Waals surface area contributed by atoms with Crippen molar-refractivity contribution in [3.63, 3.8) is 0 Å². The summed E-state index contributed by atoms with van der Waals surface area (Å²) in [4.78, 5) is 27.6. The molecule has 1 atom stereocenters. The molecule has 0 spiro atoms. The summed E-state index contributed by atoms with van der Waals surface area (Å²) in [6, 6.07) is 6.76. The molecule has 0 fully saturated rings. The molecule has 1 aromatic heterocycles. The second kappa shape index (κ2) is 7.24. The molecule has 8 heteroatoms. The van der Waals surface area contributed by atoms with Gasteiger partial charge in [-0.05, 0) is 25.1 Å². The van der Waals surface area contributed by atoms with Crippen molar-refractivity contribution in [2.24, 2.45) is 0 Å². The van der Waals surface area contributed by atoms with Crippen LogP contribution in [0.5, 0.6) is 5.75 Å². The number of esters is 1. The first-order chi connectivity index (χ1) is 10.5. The molecule has 0 aliphatic heterocycles. The molecule has 2 aromatic rings. The number of hydrogen-bond donors (Lipinski definition) is 1. The van der Waals surface area contributed by atoms with E-state index in [9.17, 15) is 9.59 Å². The van der Waals surface area contributed by atoms with E-state index in [2.05, 4.69) is 15.0 Å². The van der Waals surface area contributed by atoms with E-state index in [0.29, 0.717) is 20.8 Å². The molecular weight excluding hydrogens is 328 g/mol. The van der Waals surface area contributed by atoms with Crippen LogP contribution in [0.4, 0.5) is 5.13 Å². The van der Waals surface area contributed by atoms with Crippen molar-refractivity contribution in [1.82, 2.24) is 4.98 Å². The number of carbonyl (C=O) groups is 2. The monoisotopic (exact) mass is 340 g/mol. The summed E-state index contributed by atoms with van der Waals surface area (Å²) in [7, 11) is 1.28. The van der Waals surface area contributed by atoms with E-state index >= 15 is 0 Å². The number of nitrogens with one attached hydrogen (secondary N) is 1. The Morgan fingerprint density at radius 2 is 2.18 bits per heavy atom. The lowest BCUT2D eigenvalue weighted by molar-refractivity contribution is -0.122. The molecular formula is C14H13ClN2O4S. The molecule has 0 aliphatic carbocycles. The molecule has 1 amide bonds. The summed E-state index contributed by atoms with van der Waals surface area (Å²) in [6.45, 7) is 1.60. The molecule has 0 radical (unpaired) electrons. The summed E-state index contributed by atoms with van der Waals surface area (Å²) in [5, 5.41) is 3.40. The average Bonchev–Trinajstić information content (AvgIpc) is 2.95. The van der Waals surface area contributed by atoms with E-state index in [1.807, 2.05) is 0 Å². The first kappa shape index (κ1) is 16.3. The summed E-state index contributed by atoms with van der Waals surface area (Å²) >= 11 is 6.88. The number of rotatable bonds is 5. The predicted octanol–water partition coefficient (Wildman–Crippen LogP) is 2.99. The summed E-state index contributed by atoms with van der Waals surface area (Å²) in [5.41, 5.74) is 0. The Morgan fingerprint density at radius 3 is 2.86 bits per heavy atom. The van der Waals surface area contributed by atoms with E-state index in [4.69, 9.17) is 16.3 Å². The third kappa shape index (κ3) is 4.19. The van der Waals surface area contributed by atoms with Gasteiger partial charge in [-0.3, -0.25) is 10.1 Å². The van der Waals surface area contributed by atoms with Gasteiger partial charge >= 0.3 is 5.97 Å². The standard InChI is InChI=1S/C14H13ClN2O4S/c1-8(21-10-5-3-4-9(15)6-10)12(18)17-14-16-7-11(22-14)13(19)20-2/h3-8H,1-2H3,(H,16,17,18)/t8-/m1/s1. The Kier molecular flexibility index (Phi) is 5.35. The minimum absolute atomic E-state index is 0.298. The first-order valence-corrected chi connectivity index (χ1v) is 7.46. The van der Waals surface area contributed by atoms with Crippen LogP contribution in [0.2, 0.25) is 5.02 Å². The normalized spacial score (nSPS) is 11.6. The molecule has 116 valence electrons. The maximum atomic E-state index is 12.0. The molecule has 22 heavy (non-hydrogen) atoms. The van der Waals surface area contributed by atoms with Crippen molar-refractivity contribution in [1.29, 1.82) is 0 Å². The van der Waals surface area contributed by atoms with E-state index in [0.717, 1.165) is 11.3 Å². The smallest absolute Gasteiger partial charge is 0.349 e. The van der Waals surface area contributed by atoms with Crippen LogP contribution in [0.3, 0.4) is 0 Å². The highest BCUT2D eigenvalue weighted by molar-refractivity contribution is 7.17. The second-order valence-corrected chi connectivity index (χ2v) is 5.70. The molecule has 0 aliphatic rings. The highest BCUT2D eigenvalue weighted by Gasteiger charge is 2.18. The third-order valence-corrected chi connectivity index (χ3v) is 3.73. The Bertz CT molecular complexity index is 689. The zero-order valence-corrected chi connectivity index (χ0v) is 13.4. The lowest BCUT2D eigenvalue weighted by Crippen LogP contribution is -2.30. The molecule has 1 N–H and O–H groups in total. The minimum Gasteiger partial charge on any atom is -0.481 e. The molecule has 0 bridgehead atoms. The Labute approximate surface area is 136 Å². The van der Waals surface area contributed by atoms with Crippen molar-refractivity contribution < 1.29 is 19.1 Å². The third-order valence-electron chi connectivity index (χ3n) is 2.60. The Balaban J connectivity index is 1.96.